The molecule has 1 heterocycles. The molecule has 2 saturated carbocycles. The maximum absolute atomic E-state index is 12.8. The Morgan fingerprint density at radius 1 is 1.23 bits per heavy atom. The number of piperidine rings is 1. The lowest BCUT2D eigenvalue weighted by atomic mass is 9.83. The summed E-state index contributed by atoms with van der Waals surface area (Å²) in [5, 5.41) is 0. The third kappa shape index (κ3) is 3.11. The van der Waals surface area contributed by atoms with Crippen LogP contribution in [0, 0.1) is 23.7 Å². The average Bonchev–Trinajstić information content (AvgIpc) is 3.08. The minimum atomic E-state index is -0.160. The Bertz CT molecular complexity index is 430. The number of rotatable bonds is 3. The molecule has 0 aromatic heterocycles. The molecule has 0 aromatic rings. The summed E-state index contributed by atoms with van der Waals surface area (Å²) in [5.41, 5.74) is 6.27. The highest BCUT2D eigenvalue weighted by atomic mass is 35.5. The second kappa shape index (κ2) is 7.18. The van der Waals surface area contributed by atoms with E-state index in [9.17, 15) is 9.59 Å². The summed E-state index contributed by atoms with van der Waals surface area (Å²) in [7, 11) is 0. The van der Waals surface area contributed by atoms with Gasteiger partial charge in [-0.2, -0.15) is 0 Å². The van der Waals surface area contributed by atoms with Gasteiger partial charge in [0.2, 0.25) is 5.91 Å². The quantitative estimate of drug-likeness (QED) is 0.797. The number of nitrogens with zero attached hydrogens (tertiary/aromatic N) is 1. The van der Waals surface area contributed by atoms with Gasteiger partial charge in [0.05, 0.1) is 18.4 Å². The summed E-state index contributed by atoms with van der Waals surface area (Å²) in [5.74, 6) is 0.869. The van der Waals surface area contributed by atoms with Crippen molar-refractivity contribution in [1.82, 2.24) is 4.90 Å². The molecule has 126 valence electrons. The van der Waals surface area contributed by atoms with Crippen LogP contribution in [0.4, 0.5) is 0 Å². The van der Waals surface area contributed by atoms with E-state index in [1.54, 1.807) is 0 Å². The fourth-order valence-electron chi connectivity index (χ4n) is 4.54. The molecule has 0 radical (unpaired) electrons. The number of amides is 1. The fraction of sp³-hybridized carbons (Fsp3) is 0.875. The van der Waals surface area contributed by atoms with Crippen molar-refractivity contribution in [3.8, 4) is 0 Å². The van der Waals surface area contributed by atoms with Crippen LogP contribution in [-0.2, 0) is 14.3 Å². The van der Waals surface area contributed by atoms with Crippen molar-refractivity contribution in [3.05, 3.63) is 0 Å². The van der Waals surface area contributed by atoms with E-state index in [-0.39, 0.29) is 42.2 Å². The van der Waals surface area contributed by atoms with Crippen molar-refractivity contribution < 1.29 is 14.3 Å². The van der Waals surface area contributed by atoms with Gasteiger partial charge < -0.3 is 15.4 Å². The average molecular weight is 331 g/mol. The van der Waals surface area contributed by atoms with E-state index in [0.29, 0.717) is 25.0 Å². The normalized spacial score (nSPS) is 36.8. The SMILES string of the molecule is CCOC(=O)C1CCCN(C(=O)C2C3CCC(C3)C2N)C1.Cl. The van der Waals surface area contributed by atoms with Gasteiger partial charge in [-0.1, -0.05) is 0 Å². The van der Waals surface area contributed by atoms with Crippen LogP contribution in [0.2, 0.25) is 0 Å². The molecule has 5 atom stereocenters. The summed E-state index contributed by atoms with van der Waals surface area (Å²) in [6.45, 7) is 3.49. The highest BCUT2D eigenvalue weighted by Gasteiger charge is 2.50. The summed E-state index contributed by atoms with van der Waals surface area (Å²) >= 11 is 0. The van der Waals surface area contributed by atoms with Crippen molar-refractivity contribution in [2.75, 3.05) is 19.7 Å². The zero-order valence-corrected chi connectivity index (χ0v) is 14.0. The second-order valence-electron chi connectivity index (χ2n) is 6.81. The fourth-order valence-corrected chi connectivity index (χ4v) is 4.54. The molecule has 5 unspecified atom stereocenters. The number of nitrogens with two attached hydrogens (primary N) is 1. The van der Waals surface area contributed by atoms with E-state index in [4.69, 9.17) is 10.5 Å². The Kier molecular flexibility index (Phi) is 5.72. The molecule has 2 bridgehead atoms. The van der Waals surface area contributed by atoms with Gasteiger partial charge in [0.25, 0.3) is 0 Å². The molecule has 2 N–H and O–H groups in total. The molecule has 3 rings (SSSR count). The van der Waals surface area contributed by atoms with Crippen LogP contribution in [0.5, 0.6) is 0 Å². The van der Waals surface area contributed by atoms with Gasteiger partial charge >= 0.3 is 5.97 Å². The van der Waals surface area contributed by atoms with Crippen molar-refractivity contribution in [2.24, 2.45) is 29.4 Å². The van der Waals surface area contributed by atoms with Crippen molar-refractivity contribution in [1.29, 1.82) is 0 Å². The van der Waals surface area contributed by atoms with E-state index in [2.05, 4.69) is 0 Å². The summed E-state index contributed by atoms with van der Waals surface area (Å²) in [6, 6.07) is 0.0271. The molecule has 3 fully saturated rings. The summed E-state index contributed by atoms with van der Waals surface area (Å²) in [6.07, 6.45) is 5.15. The lowest BCUT2D eigenvalue weighted by molar-refractivity contribution is -0.152. The first-order chi connectivity index (χ1) is 10.1. The van der Waals surface area contributed by atoms with Gasteiger partial charge in [0.1, 0.15) is 0 Å². The molecule has 1 aliphatic heterocycles. The van der Waals surface area contributed by atoms with Crippen LogP contribution in [0.1, 0.15) is 39.0 Å². The molecule has 1 amide bonds. The van der Waals surface area contributed by atoms with Gasteiger partial charge in [-0.3, -0.25) is 9.59 Å². The Morgan fingerprint density at radius 2 is 1.95 bits per heavy atom. The number of carbonyl (C=O) groups is 2. The van der Waals surface area contributed by atoms with Crippen molar-refractivity contribution in [2.45, 2.75) is 45.1 Å². The number of halogens is 1. The van der Waals surface area contributed by atoms with E-state index < -0.39 is 0 Å². The Hall–Kier alpha value is -0.810. The number of likely N-dealkylation sites (tertiary alicyclic amines) is 1. The number of esters is 1. The van der Waals surface area contributed by atoms with Gasteiger partial charge in [-0.25, -0.2) is 0 Å². The standard InChI is InChI=1S/C16H26N2O3.ClH/c1-2-21-16(20)12-4-3-7-18(9-12)15(19)13-10-5-6-11(8-10)14(13)17;/h10-14H,2-9,17H2,1H3;1H. The lowest BCUT2D eigenvalue weighted by Crippen LogP contribution is -2.50. The first-order valence-corrected chi connectivity index (χ1v) is 8.32. The Labute approximate surface area is 138 Å². The Balaban J connectivity index is 0.00000176. The molecular weight excluding hydrogens is 304 g/mol. The topological polar surface area (TPSA) is 72.6 Å². The van der Waals surface area contributed by atoms with E-state index in [0.717, 1.165) is 32.2 Å². The van der Waals surface area contributed by atoms with Crippen LogP contribution < -0.4 is 5.73 Å². The molecule has 2 aliphatic carbocycles. The molecule has 0 spiro atoms. The maximum atomic E-state index is 12.8. The molecular formula is C16H27ClN2O3. The van der Waals surface area contributed by atoms with Gasteiger partial charge in [-0.05, 0) is 50.9 Å². The maximum Gasteiger partial charge on any atom is 0.310 e. The van der Waals surface area contributed by atoms with Gasteiger partial charge in [0.15, 0.2) is 0 Å². The molecule has 22 heavy (non-hydrogen) atoms. The Morgan fingerprint density at radius 3 is 2.59 bits per heavy atom. The number of carbonyl (C=O) groups excluding carboxylic acids is 2. The van der Waals surface area contributed by atoms with Crippen molar-refractivity contribution in [3.63, 3.8) is 0 Å². The molecule has 6 heteroatoms. The van der Waals surface area contributed by atoms with Gasteiger partial charge in [-0.15, -0.1) is 12.4 Å². The predicted molar refractivity (Wildman–Crippen MR) is 85.5 cm³/mol. The monoisotopic (exact) mass is 330 g/mol. The van der Waals surface area contributed by atoms with Crippen LogP contribution in [0.3, 0.4) is 0 Å². The number of hydrogen-bond donors (Lipinski definition) is 1. The van der Waals surface area contributed by atoms with Crippen LogP contribution in [-0.4, -0.2) is 42.5 Å². The molecule has 5 nitrogen and oxygen atoms in total. The smallest absolute Gasteiger partial charge is 0.310 e. The lowest BCUT2D eigenvalue weighted by Gasteiger charge is -2.36. The van der Waals surface area contributed by atoms with Gasteiger partial charge in [0, 0.05) is 19.1 Å². The van der Waals surface area contributed by atoms with E-state index in [1.807, 2.05) is 11.8 Å². The number of ether oxygens (including phenoxy) is 1. The second-order valence-corrected chi connectivity index (χ2v) is 6.81. The largest absolute Gasteiger partial charge is 0.466 e. The molecule has 3 aliphatic rings. The number of fused-ring (bicyclic) bond motifs is 2. The third-order valence-corrected chi connectivity index (χ3v) is 5.62. The van der Waals surface area contributed by atoms with E-state index in [1.165, 1.54) is 6.42 Å². The van der Waals surface area contributed by atoms with Crippen molar-refractivity contribution >= 4 is 24.3 Å². The van der Waals surface area contributed by atoms with E-state index >= 15 is 0 Å². The third-order valence-electron chi connectivity index (χ3n) is 5.62. The van der Waals surface area contributed by atoms with Crippen LogP contribution in [0.15, 0.2) is 0 Å². The highest BCUT2D eigenvalue weighted by Crippen LogP contribution is 2.48. The summed E-state index contributed by atoms with van der Waals surface area (Å²) < 4.78 is 5.10. The minimum Gasteiger partial charge on any atom is -0.466 e. The molecule has 1 saturated heterocycles. The zero-order chi connectivity index (χ0) is 15.0. The summed E-state index contributed by atoms with van der Waals surface area (Å²) in [4.78, 5) is 26.6. The van der Waals surface area contributed by atoms with Crippen LogP contribution in [0.25, 0.3) is 0 Å². The first-order valence-electron chi connectivity index (χ1n) is 8.32. The molecule has 0 aromatic carbocycles. The highest BCUT2D eigenvalue weighted by molar-refractivity contribution is 5.85. The first kappa shape index (κ1) is 17.5. The number of hydrogen-bond acceptors (Lipinski definition) is 4. The van der Waals surface area contributed by atoms with Crippen LogP contribution >= 0.6 is 12.4 Å². The minimum absolute atomic E-state index is 0. The predicted octanol–water partition coefficient (Wildman–Crippen LogP) is 1.58. The zero-order valence-electron chi connectivity index (χ0n) is 13.2.